The molecule has 0 spiro atoms. The van der Waals surface area contributed by atoms with Crippen molar-refractivity contribution in [2.45, 2.75) is 6.92 Å². The lowest BCUT2D eigenvalue weighted by Crippen LogP contribution is -2.10. The number of hydrogen-bond acceptors (Lipinski definition) is 1. The van der Waals surface area contributed by atoms with Crippen molar-refractivity contribution in [2.75, 3.05) is 0 Å². The summed E-state index contributed by atoms with van der Waals surface area (Å²) in [4.78, 5) is 12.1. The first-order valence-corrected chi connectivity index (χ1v) is 6.16. The van der Waals surface area contributed by atoms with E-state index >= 15 is 0 Å². The predicted molar refractivity (Wildman–Crippen MR) is 68.6 cm³/mol. The zero-order chi connectivity index (χ0) is 14.2. The molecule has 0 amide bonds. The van der Waals surface area contributed by atoms with Gasteiger partial charge in [-0.05, 0) is 46.6 Å². The zero-order valence-electron chi connectivity index (χ0n) is 9.81. The molecule has 19 heavy (non-hydrogen) atoms. The van der Waals surface area contributed by atoms with Crippen molar-refractivity contribution in [3.05, 3.63) is 68.9 Å². The first-order valence-electron chi connectivity index (χ1n) is 5.36. The molecule has 0 fully saturated rings. The Morgan fingerprint density at radius 1 is 1.05 bits per heavy atom. The fraction of sp³-hybridized carbons (Fsp3) is 0.0714. The summed E-state index contributed by atoms with van der Waals surface area (Å²) >= 11 is 2.87. The maximum Gasteiger partial charge on any atom is 0.201 e. The summed E-state index contributed by atoms with van der Waals surface area (Å²) in [5.74, 6) is -3.85. The van der Waals surface area contributed by atoms with E-state index in [9.17, 15) is 18.0 Å². The molecule has 98 valence electrons. The molecule has 0 aromatic heterocycles. The van der Waals surface area contributed by atoms with Gasteiger partial charge in [0.25, 0.3) is 0 Å². The minimum atomic E-state index is -1.04. The van der Waals surface area contributed by atoms with Crippen molar-refractivity contribution in [2.24, 2.45) is 0 Å². The summed E-state index contributed by atoms with van der Waals surface area (Å²) < 4.78 is 41.2. The van der Waals surface area contributed by atoms with E-state index in [0.717, 1.165) is 12.1 Å². The van der Waals surface area contributed by atoms with E-state index < -0.39 is 28.8 Å². The lowest BCUT2D eigenvalue weighted by molar-refractivity contribution is 0.102. The molecule has 0 bridgehead atoms. The SMILES string of the molecule is Cc1cccc(C(=O)c2c(F)ccc(Br)c2F)c1F. The van der Waals surface area contributed by atoms with E-state index in [1.807, 2.05) is 0 Å². The number of benzene rings is 2. The van der Waals surface area contributed by atoms with E-state index in [2.05, 4.69) is 15.9 Å². The highest BCUT2D eigenvalue weighted by atomic mass is 79.9. The molecule has 2 aromatic carbocycles. The van der Waals surface area contributed by atoms with Gasteiger partial charge in [0.05, 0.1) is 15.6 Å². The topological polar surface area (TPSA) is 17.1 Å². The number of ketones is 1. The fourth-order valence-electron chi connectivity index (χ4n) is 1.69. The predicted octanol–water partition coefficient (Wildman–Crippen LogP) is 4.41. The third-order valence-electron chi connectivity index (χ3n) is 2.71. The molecule has 0 N–H and O–H groups in total. The first-order chi connectivity index (χ1) is 8.93. The molecule has 0 aliphatic rings. The van der Waals surface area contributed by atoms with Crippen LogP contribution in [0.25, 0.3) is 0 Å². The quantitative estimate of drug-likeness (QED) is 0.589. The lowest BCUT2D eigenvalue weighted by Gasteiger charge is -2.07. The van der Waals surface area contributed by atoms with Crippen LogP contribution in [0, 0.1) is 24.4 Å². The average Bonchev–Trinajstić information content (AvgIpc) is 2.37. The summed E-state index contributed by atoms with van der Waals surface area (Å²) in [6, 6.07) is 6.23. The second kappa shape index (κ2) is 5.17. The van der Waals surface area contributed by atoms with Crippen molar-refractivity contribution in [3.63, 3.8) is 0 Å². The van der Waals surface area contributed by atoms with Crippen LogP contribution in [0.1, 0.15) is 21.5 Å². The molecule has 2 aromatic rings. The van der Waals surface area contributed by atoms with Crippen LogP contribution in [0.3, 0.4) is 0 Å². The molecular weight excluding hydrogens is 321 g/mol. The van der Waals surface area contributed by atoms with Crippen molar-refractivity contribution in [1.29, 1.82) is 0 Å². The third kappa shape index (κ3) is 2.42. The summed E-state index contributed by atoms with van der Waals surface area (Å²) in [6.45, 7) is 1.47. The van der Waals surface area contributed by atoms with Crippen LogP contribution in [-0.4, -0.2) is 5.78 Å². The fourth-order valence-corrected chi connectivity index (χ4v) is 2.02. The van der Waals surface area contributed by atoms with Gasteiger partial charge in [0.15, 0.2) is 5.82 Å². The van der Waals surface area contributed by atoms with Crippen LogP contribution in [0.4, 0.5) is 13.2 Å². The van der Waals surface area contributed by atoms with Gasteiger partial charge in [-0.3, -0.25) is 4.79 Å². The first kappa shape index (κ1) is 13.8. The maximum absolute atomic E-state index is 13.8. The van der Waals surface area contributed by atoms with Crippen LogP contribution in [0.15, 0.2) is 34.8 Å². The van der Waals surface area contributed by atoms with Crippen LogP contribution < -0.4 is 0 Å². The Labute approximate surface area is 116 Å². The van der Waals surface area contributed by atoms with E-state index in [4.69, 9.17) is 0 Å². The molecule has 2 rings (SSSR count). The Morgan fingerprint density at radius 3 is 2.42 bits per heavy atom. The Bertz CT molecular complexity index is 668. The van der Waals surface area contributed by atoms with E-state index in [-0.39, 0.29) is 15.6 Å². The summed E-state index contributed by atoms with van der Waals surface area (Å²) in [6.07, 6.45) is 0. The van der Waals surface area contributed by atoms with Gasteiger partial charge in [-0.2, -0.15) is 0 Å². The average molecular weight is 329 g/mol. The van der Waals surface area contributed by atoms with Gasteiger partial charge in [-0.15, -0.1) is 0 Å². The second-order valence-electron chi connectivity index (χ2n) is 3.98. The van der Waals surface area contributed by atoms with Gasteiger partial charge < -0.3 is 0 Å². The van der Waals surface area contributed by atoms with E-state index in [0.29, 0.717) is 0 Å². The van der Waals surface area contributed by atoms with Crippen LogP contribution in [-0.2, 0) is 0 Å². The van der Waals surface area contributed by atoms with Crippen LogP contribution >= 0.6 is 15.9 Å². The summed E-state index contributed by atoms with van der Waals surface area (Å²) in [7, 11) is 0. The number of carbonyl (C=O) groups is 1. The molecule has 0 saturated heterocycles. The van der Waals surface area contributed by atoms with Gasteiger partial charge in [0, 0.05) is 0 Å². The van der Waals surface area contributed by atoms with Crippen LogP contribution in [0.2, 0.25) is 0 Å². The standard InChI is InChI=1S/C14H8BrF3O/c1-7-3-2-4-8(12(7)17)14(19)11-10(16)6-5-9(15)13(11)18/h2-6H,1H3. The molecule has 0 saturated carbocycles. The number of halogens is 4. The molecule has 0 unspecified atom stereocenters. The van der Waals surface area contributed by atoms with Gasteiger partial charge in [0.2, 0.25) is 5.78 Å². The number of hydrogen-bond donors (Lipinski definition) is 0. The largest absolute Gasteiger partial charge is 0.288 e. The number of aryl methyl sites for hydroxylation is 1. The van der Waals surface area contributed by atoms with Crippen molar-refractivity contribution >= 4 is 21.7 Å². The van der Waals surface area contributed by atoms with Crippen molar-refractivity contribution in [3.8, 4) is 0 Å². The Hall–Kier alpha value is -1.62. The second-order valence-corrected chi connectivity index (χ2v) is 4.84. The Morgan fingerprint density at radius 2 is 1.74 bits per heavy atom. The molecule has 0 atom stereocenters. The molecule has 0 aliphatic heterocycles. The highest BCUT2D eigenvalue weighted by molar-refractivity contribution is 9.10. The molecular formula is C14H8BrF3O. The van der Waals surface area contributed by atoms with Crippen LogP contribution in [0.5, 0.6) is 0 Å². The maximum atomic E-state index is 13.8. The minimum absolute atomic E-state index is 0.0506. The Balaban J connectivity index is 2.63. The van der Waals surface area contributed by atoms with Crippen molar-refractivity contribution in [1.82, 2.24) is 0 Å². The van der Waals surface area contributed by atoms with Gasteiger partial charge in [-0.1, -0.05) is 12.1 Å². The summed E-state index contributed by atoms with van der Waals surface area (Å²) in [5, 5.41) is 0. The highest BCUT2D eigenvalue weighted by Crippen LogP contribution is 2.25. The van der Waals surface area contributed by atoms with Gasteiger partial charge >= 0.3 is 0 Å². The van der Waals surface area contributed by atoms with Gasteiger partial charge in [-0.25, -0.2) is 13.2 Å². The van der Waals surface area contributed by atoms with Crippen molar-refractivity contribution < 1.29 is 18.0 Å². The highest BCUT2D eigenvalue weighted by Gasteiger charge is 2.23. The Kier molecular flexibility index (Phi) is 3.75. The normalized spacial score (nSPS) is 10.6. The van der Waals surface area contributed by atoms with Gasteiger partial charge in [0.1, 0.15) is 11.6 Å². The zero-order valence-corrected chi connectivity index (χ0v) is 11.4. The monoisotopic (exact) mass is 328 g/mol. The third-order valence-corrected chi connectivity index (χ3v) is 3.32. The number of carbonyl (C=O) groups excluding carboxylic acids is 1. The number of rotatable bonds is 2. The molecule has 0 radical (unpaired) electrons. The lowest BCUT2D eigenvalue weighted by atomic mass is 10.00. The minimum Gasteiger partial charge on any atom is -0.288 e. The smallest absolute Gasteiger partial charge is 0.201 e. The van der Waals surface area contributed by atoms with E-state index in [1.54, 1.807) is 0 Å². The summed E-state index contributed by atoms with van der Waals surface area (Å²) in [5.41, 5.74) is -0.878. The molecule has 5 heteroatoms. The molecule has 1 nitrogen and oxygen atoms in total. The van der Waals surface area contributed by atoms with E-state index in [1.165, 1.54) is 25.1 Å². The molecule has 0 aliphatic carbocycles. The molecule has 0 heterocycles.